The van der Waals surface area contributed by atoms with E-state index in [1.54, 1.807) is 41.9 Å². The van der Waals surface area contributed by atoms with Crippen LogP contribution < -0.4 is 10.1 Å². The summed E-state index contributed by atoms with van der Waals surface area (Å²) >= 11 is 7.19. The van der Waals surface area contributed by atoms with Crippen LogP contribution in [-0.4, -0.2) is 25.6 Å². The number of amides is 1. The molecular weight excluding hydrogens is 466 g/mol. The third-order valence-electron chi connectivity index (χ3n) is 4.45. The lowest BCUT2D eigenvalue weighted by molar-refractivity contribution is -0.387. The summed E-state index contributed by atoms with van der Waals surface area (Å²) < 4.78 is 7.49. The molecule has 0 saturated carbocycles. The maximum absolute atomic E-state index is 12.9. The van der Waals surface area contributed by atoms with Crippen LogP contribution in [0.25, 0.3) is 0 Å². The number of halogens is 1. The van der Waals surface area contributed by atoms with Crippen LogP contribution in [0.15, 0.2) is 83.1 Å². The minimum atomic E-state index is -0.548. The number of benzene rings is 3. The van der Waals surface area contributed by atoms with Crippen LogP contribution in [0.4, 0.5) is 11.4 Å². The highest BCUT2D eigenvalue weighted by Crippen LogP contribution is 2.35. The summed E-state index contributed by atoms with van der Waals surface area (Å²) in [6.45, 7) is 0. The summed E-state index contributed by atoms with van der Waals surface area (Å²) in [4.78, 5) is 24.4. The first-order valence-corrected chi connectivity index (χ1v) is 10.7. The zero-order valence-electron chi connectivity index (χ0n) is 17.1. The van der Waals surface area contributed by atoms with E-state index in [1.165, 1.54) is 24.5 Å². The fourth-order valence-corrected chi connectivity index (χ4v) is 3.87. The summed E-state index contributed by atoms with van der Waals surface area (Å²) in [5.74, 6) is 0.410. The second-order valence-corrected chi connectivity index (χ2v) is 8.22. The van der Waals surface area contributed by atoms with Crippen molar-refractivity contribution in [3.05, 3.63) is 93.8 Å². The van der Waals surface area contributed by atoms with E-state index in [2.05, 4.69) is 15.5 Å². The van der Waals surface area contributed by atoms with E-state index in [0.29, 0.717) is 32.3 Å². The van der Waals surface area contributed by atoms with Crippen molar-refractivity contribution in [1.29, 1.82) is 0 Å². The Kier molecular flexibility index (Phi) is 6.57. The van der Waals surface area contributed by atoms with Crippen molar-refractivity contribution >= 4 is 40.6 Å². The molecule has 0 spiro atoms. The number of nitro groups is 1. The van der Waals surface area contributed by atoms with Gasteiger partial charge in [0, 0.05) is 23.7 Å². The van der Waals surface area contributed by atoms with Gasteiger partial charge < -0.3 is 14.6 Å². The summed E-state index contributed by atoms with van der Waals surface area (Å²) in [6.07, 6.45) is 1.50. The number of carbonyl (C=O) groups is 1. The Balaban J connectivity index is 1.60. The molecule has 11 heteroatoms. The van der Waals surface area contributed by atoms with Crippen LogP contribution in [0.1, 0.15) is 10.4 Å². The monoisotopic (exact) mass is 481 g/mol. The molecule has 4 aromatic rings. The molecule has 4 rings (SSSR count). The van der Waals surface area contributed by atoms with Gasteiger partial charge in [0.25, 0.3) is 11.6 Å². The number of carbonyl (C=O) groups excluding carboxylic acids is 1. The number of hydrogen-bond acceptors (Lipinski definition) is 7. The van der Waals surface area contributed by atoms with E-state index >= 15 is 0 Å². The number of ether oxygens (including phenoxy) is 1. The molecule has 0 aliphatic heterocycles. The molecule has 1 aromatic heterocycles. The second-order valence-electron chi connectivity index (χ2n) is 6.78. The Morgan fingerprint density at radius 3 is 2.64 bits per heavy atom. The molecule has 0 aliphatic rings. The summed E-state index contributed by atoms with van der Waals surface area (Å²) in [7, 11) is 1.73. The molecule has 1 amide bonds. The minimum Gasteiger partial charge on any atom is -0.455 e. The number of aromatic nitrogens is 3. The molecule has 0 saturated heterocycles. The molecule has 9 nitrogen and oxygen atoms in total. The molecule has 3 aromatic carbocycles. The van der Waals surface area contributed by atoms with E-state index in [9.17, 15) is 14.9 Å². The number of anilines is 1. The normalized spacial score (nSPS) is 10.6. The van der Waals surface area contributed by atoms with Gasteiger partial charge in [-0.15, -0.1) is 10.2 Å². The van der Waals surface area contributed by atoms with Gasteiger partial charge in [-0.05, 0) is 54.2 Å². The van der Waals surface area contributed by atoms with Crippen molar-refractivity contribution < 1.29 is 14.5 Å². The van der Waals surface area contributed by atoms with E-state index < -0.39 is 10.8 Å². The average Bonchev–Trinajstić information content (AvgIpc) is 3.20. The Morgan fingerprint density at radius 1 is 1.15 bits per heavy atom. The molecule has 1 N–H and O–H groups in total. The maximum Gasteiger partial charge on any atom is 0.284 e. The Morgan fingerprint density at radius 2 is 1.94 bits per heavy atom. The molecule has 0 unspecified atom stereocenters. The highest BCUT2D eigenvalue weighted by Gasteiger charge is 2.21. The van der Waals surface area contributed by atoms with Gasteiger partial charge >= 0.3 is 0 Å². The average molecular weight is 482 g/mol. The third-order valence-corrected chi connectivity index (χ3v) is 5.80. The van der Waals surface area contributed by atoms with Crippen molar-refractivity contribution in [2.75, 3.05) is 5.32 Å². The van der Waals surface area contributed by atoms with Crippen LogP contribution in [0.5, 0.6) is 11.5 Å². The van der Waals surface area contributed by atoms with Gasteiger partial charge in [0.15, 0.2) is 10.9 Å². The quantitative estimate of drug-likeness (QED) is 0.271. The second kappa shape index (κ2) is 9.72. The fourth-order valence-electron chi connectivity index (χ4n) is 2.85. The highest BCUT2D eigenvalue weighted by molar-refractivity contribution is 7.99. The Labute approximate surface area is 197 Å². The van der Waals surface area contributed by atoms with Gasteiger partial charge in [-0.25, -0.2) is 0 Å². The lowest BCUT2D eigenvalue weighted by Crippen LogP contribution is -2.13. The molecule has 0 aliphatic carbocycles. The van der Waals surface area contributed by atoms with Crippen molar-refractivity contribution in [2.45, 2.75) is 10.1 Å². The van der Waals surface area contributed by atoms with Crippen LogP contribution in [0.3, 0.4) is 0 Å². The van der Waals surface area contributed by atoms with Gasteiger partial charge in [0.2, 0.25) is 0 Å². The van der Waals surface area contributed by atoms with Crippen molar-refractivity contribution in [1.82, 2.24) is 14.8 Å². The molecule has 33 heavy (non-hydrogen) atoms. The Bertz CT molecular complexity index is 1330. The van der Waals surface area contributed by atoms with Gasteiger partial charge in [0.05, 0.1) is 15.5 Å². The SMILES string of the molecule is Cn1cnnc1Sc1ccc(C(=O)Nc2cc(Cl)ccc2Oc2ccccc2)cc1[N+](=O)[O-]. The van der Waals surface area contributed by atoms with Crippen molar-refractivity contribution in [3.63, 3.8) is 0 Å². The van der Waals surface area contributed by atoms with Crippen LogP contribution in [0, 0.1) is 10.1 Å². The van der Waals surface area contributed by atoms with Crippen LogP contribution >= 0.6 is 23.4 Å². The number of nitrogens with zero attached hydrogens (tertiary/aromatic N) is 4. The molecule has 0 bridgehead atoms. The first kappa shape index (κ1) is 22.3. The summed E-state index contributed by atoms with van der Waals surface area (Å²) in [6, 6.07) is 18.1. The van der Waals surface area contributed by atoms with Gasteiger partial charge in [-0.3, -0.25) is 14.9 Å². The highest BCUT2D eigenvalue weighted by atomic mass is 35.5. The van der Waals surface area contributed by atoms with Crippen molar-refractivity contribution in [3.8, 4) is 11.5 Å². The van der Waals surface area contributed by atoms with Crippen molar-refractivity contribution in [2.24, 2.45) is 7.05 Å². The number of nitrogens with one attached hydrogen (secondary N) is 1. The van der Waals surface area contributed by atoms with E-state index in [0.717, 1.165) is 11.8 Å². The smallest absolute Gasteiger partial charge is 0.284 e. The first-order valence-electron chi connectivity index (χ1n) is 9.55. The number of para-hydroxylation sites is 1. The number of rotatable bonds is 7. The topological polar surface area (TPSA) is 112 Å². The lowest BCUT2D eigenvalue weighted by atomic mass is 10.1. The predicted molar refractivity (Wildman–Crippen MR) is 124 cm³/mol. The predicted octanol–water partition coefficient (Wildman–Crippen LogP) is 5.57. The van der Waals surface area contributed by atoms with E-state index in [4.69, 9.17) is 16.3 Å². The molecule has 166 valence electrons. The van der Waals surface area contributed by atoms with Crippen LogP contribution in [0.2, 0.25) is 5.02 Å². The maximum atomic E-state index is 12.9. The number of nitro benzene ring substituents is 1. The van der Waals surface area contributed by atoms with Gasteiger partial charge in [-0.1, -0.05) is 29.8 Å². The van der Waals surface area contributed by atoms with Crippen LogP contribution in [-0.2, 0) is 7.05 Å². The fraction of sp³-hybridized carbons (Fsp3) is 0.0455. The zero-order valence-corrected chi connectivity index (χ0v) is 18.7. The van der Waals surface area contributed by atoms with Gasteiger partial charge in [0.1, 0.15) is 12.1 Å². The molecule has 0 radical (unpaired) electrons. The number of aryl methyl sites for hydroxylation is 1. The Hall–Kier alpha value is -3.89. The largest absolute Gasteiger partial charge is 0.455 e. The van der Waals surface area contributed by atoms with Gasteiger partial charge in [-0.2, -0.15) is 0 Å². The van der Waals surface area contributed by atoms with E-state index in [1.807, 2.05) is 18.2 Å². The van der Waals surface area contributed by atoms with E-state index in [-0.39, 0.29) is 11.3 Å². The first-order chi connectivity index (χ1) is 15.9. The zero-order chi connectivity index (χ0) is 23.4. The molecule has 0 atom stereocenters. The summed E-state index contributed by atoms with van der Waals surface area (Å²) in [5, 5.41) is 22.9. The molecule has 0 fully saturated rings. The molecule has 1 heterocycles. The number of hydrogen-bond donors (Lipinski definition) is 1. The lowest BCUT2D eigenvalue weighted by Gasteiger charge is -2.13. The third kappa shape index (κ3) is 5.30. The minimum absolute atomic E-state index is 0.106. The summed E-state index contributed by atoms with van der Waals surface area (Å²) in [5.41, 5.74) is 0.216. The standard InChI is InChI=1S/C22H16ClN5O4S/c1-27-13-24-26-22(27)33-20-10-7-14(11-18(20)28(30)31)21(29)25-17-12-15(23)8-9-19(17)32-16-5-3-2-4-6-16/h2-13H,1H3,(H,25,29). The molecular formula is C22H16ClN5O4S.